The molecule has 0 amide bonds. The van der Waals surface area contributed by atoms with Crippen LogP contribution in [0.1, 0.15) is 14.9 Å². The molecule has 0 saturated heterocycles. The highest BCUT2D eigenvalue weighted by molar-refractivity contribution is 5.75. The van der Waals surface area contributed by atoms with E-state index < -0.39 is 0 Å². The molecule has 0 aliphatic carbocycles. The second-order valence-electron chi connectivity index (χ2n) is 0.793. The zero-order valence-corrected chi connectivity index (χ0v) is 3.29. The Morgan fingerprint density at radius 1 is 0.875 bits per heavy atom. The summed E-state index contributed by atoms with van der Waals surface area (Å²) in [5, 5.41) is 0. The van der Waals surface area contributed by atoms with Crippen molar-refractivity contribution < 1.29 is 4.42 Å². The van der Waals surface area contributed by atoms with E-state index in [4.69, 9.17) is 0 Å². The molecule has 0 aliphatic heterocycles. The highest BCUT2D eigenvalue weighted by Gasteiger charge is 1.58. The van der Waals surface area contributed by atoms with E-state index >= 15 is 0 Å². The number of rotatable bonds is 0. The summed E-state index contributed by atoms with van der Waals surface area (Å²) in [6.07, 6.45) is 3.25. The first-order valence-corrected chi connectivity index (χ1v) is 1.47. The summed E-state index contributed by atoms with van der Waals surface area (Å²) in [7, 11) is 0. The maximum atomic E-state index is 4.58. The van der Waals surface area contributed by atoms with Crippen molar-refractivity contribution in [2.24, 2.45) is 0 Å². The van der Waals surface area contributed by atoms with Crippen LogP contribution in [0.25, 0.3) is 0 Å². The first-order chi connectivity index (χ1) is 2.50. The fourth-order valence-electron chi connectivity index (χ4n) is 0.227. The maximum absolute atomic E-state index is 4.58. The van der Waals surface area contributed by atoms with E-state index in [0.29, 0.717) is 0 Å². The van der Waals surface area contributed by atoms with E-state index in [2.05, 4.69) is 4.42 Å². The van der Waals surface area contributed by atoms with E-state index in [1.165, 1.54) is 0 Å². The minimum Gasteiger partial charge on any atom is -0.473 e. The zero-order valence-electron chi connectivity index (χ0n) is 3.29. The van der Waals surface area contributed by atoms with Crippen LogP contribution in [0.4, 0.5) is 0 Å². The lowest BCUT2D eigenvalue weighted by atomic mass is 10.7. The van der Waals surface area contributed by atoms with E-state index in [0.717, 1.165) is 0 Å². The molecule has 1 rings (SSSR count). The molecule has 1 heterocycles. The Labute approximate surface area is 53.3 Å². The van der Waals surface area contributed by atoms with Gasteiger partial charge in [-0.25, -0.2) is 0 Å². The Kier molecular flexibility index (Phi) is 18.8. The van der Waals surface area contributed by atoms with Gasteiger partial charge in [0.15, 0.2) is 0 Å². The van der Waals surface area contributed by atoms with Gasteiger partial charge in [0.05, 0.1) is 12.5 Å². The molecular formula is C6H12BO. The second-order valence-corrected chi connectivity index (χ2v) is 0.793. The minimum atomic E-state index is 0. The molecular weight excluding hydrogens is 98.9 g/mol. The van der Waals surface area contributed by atoms with Gasteiger partial charge in [-0.15, -0.1) is 0 Å². The van der Waals surface area contributed by atoms with Gasteiger partial charge in [0.1, 0.15) is 0 Å². The number of furan rings is 1. The van der Waals surface area contributed by atoms with Crippen molar-refractivity contribution in [3.8, 4) is 0 Å². The lowest BCUT2D eigenvalue weighted by Gasteiger charge is -1.50. The molecule has 0 unspecified atom stereocenters. The molecule has 0 saturated carbocycles. The van der Waals surface area contributed by atoms with Gasteiger partial charge in [-0.05, 0) is 12.1 Å². The Morgan fingerprint density at radius 2 is 1.25 bits per heavy atom. The normalized spacial score (nSPS) is 5.00. The van der Waals surface area contributed by atoms with Gasteiger partial charge in [0.25, 0.3) is 0 Å². The molecule has 0 N–H and O–H groups in total. The zero-order chi connectivity index (χ0) is 3.54. The molecule has 1 nitrogen and oxygen atoms in total. The van der Waals surface area contributed by atoms with Gasteiger partial charge in [0, 0.05) is 8.41 Å². The lowest BCUT2D eigenvalue weighted by molar-refractivity contribution is 0.567. The molecule has 1 aromatic heterocycles. The summed E-state index contributed by atoms with van der Waals surface area (Å²) in [4.78, 5) is 0. The molecule has 0 aliphatic rings. The van der Waals surface area contributed by atoms with Gasteiger partial charge >= 0.3 is 0 Å². The Balaban J connectivity index is -0.0000000833. The minimum absolute atomic E-state index is 0. The van der Waals surface area contributed by atoms with Crippen molar-refractivity contribution in [1.82, 2.24) is 0 Å². The first kappa shape index (κ1) is 15.7. The van der Waals surface area contributed by atoms with Crippen LogP contribution in [0, 0.1) is 0 Å². The number of hydrogen-bond donors (Lipinski definition) is 0. The van der Waals surface area contributed by atoms with Crippen molar-refractivity contribution in [3.05, 3.63) is 24.7 Å². The van der Waals surface area contributed by atoms with Crippen LogP contribution >= 0.6 is 0 Å². The molecule has 8 heavy (non-hydrogen) atoms. The molecule has 0 atom stereocenters. The van der Waals surface area contributed by atoms with Crippen LogP contribution in [0.3, 0.4) is 0 Å². The van der Waals surface area contributed by atoms with E-state index in [-0.39, 0.29) is 23.3 Å². The topological polar surface area (TPSA) is 13.1 Å². The van der Waals surface area contributed by atoms with Crippen LogP contribution in [0.5, 0.6) is 0 Å². The van der Waals surface area contributed by atoms with Crippen molar-refractivity contribution in [2.45, 2.75) is 14.9 Å². The summed E-state index contributed by atoms with van der Waals surface area (Å²) in [6, 6.07) is 3.67. The molecule has 3 radical (unpaired) electrons. The molecule has 0 fully saturated rings. The van der Waals surface area contributed by atoms with Gasteiger partial charge in [0.2, 0.25) is 0 Å². The largest absolute Gasteiger partial charge is 0.473 e. The SMILES string of the molecule is C.C.[B].c1ccoc1. The summed E-state index contributed by atoms with van der Waals surface area (Å²) < 4.78 is 4.58. The first-order valence-electron chi connectivity index (χ1n) is 1.47. The molecule has 1 aromatic rings. The standard InChI is InChI=1S/C4H4O.2CH4.B/c1-2-4-5-3-1;;;/h1-4H;2*1H4;. The molecule has 0 bridgehead atoms. The highest BCUT2D eigenvalue weighted by atomic mass is 16.3. The van der Waals surface area contributed by atoms with E-state index in [9.17, 15) is 0 Å². The summed E-state index contributed by atoms with van der Waals surface area (Å²) in [6.45, 7) is 0. The maximum Gasteiger partial charge on any atom is 0.0902 e. The Hall–Kier alpha value is -0.655. The second kappa shape index (κ2) is 9.60. The van der Waals surface area contributed by atoms with Gasteiger partial charge in [-0.3, -0.25) is 0 Å². The highest BCUT2D eigenvalue weighted by Crippen LogP contribution is 1.79. The molecule has 2 heteroatoms. The van der Waals surface area contributed by atoms with E-state index in [1.807, 2.05) is 12.1 Å². The van der Waals surface area contributed by atoms with Crippen molar-refractivity contribution in [2.75, 3.05) is 0 Å². The van der Waals surface area contributed by atoms with Crippen LogP contribution in [-0.4, -0.2) is 8.41 Å². The summed E-state index contributed by atoms with van der Waals surface area (Å²) in [5.41, 5.74) is 0. The Morgan fingerprint density at radius 3 is 1.38 bits per heavy atom. The quantitative estimate of drug-likeness (QED) is 0.467. The monoisotopic (exact) mass is 111 g/mol. The van der Waals surface area contributed by atoms with Gasteiger partial charge in [-0.2, -0.15) is 0 Å². The smallest absolute Gasteiger partial charge is 0.0902 e. The average molecular weight is 111 g/mol. The fourth-order valence-corrected chi connectivity index (χ4v) is 0.227. The lowest BCUT2D eigenvalue weighted by Crippen LogP contribution is -1.16. The van der Waals surface area contributed by atoms with Gasteiger partial charge < -0.3 is 4.42 Å². The van der Waals surface area contributed by atoms with Crippen LogP contribution in [-0.2, 0) is 0 Å². The third kappa shape index (κ3) is 5.34. The third-order valence-electron chi connectivity index (χ3n) is 0.425. The van der Waals surface area contributed by atoms with Crippen molar-refractivity contribution in [1.29, 1.82) is 0 Å². The fraction of sp³-hybridized carbons (Fsp3) is 0.333. The average Bonchev–Trinajstić information content (AvgIpc) is 1.76. The van der Waals surface area contributed by atoms with Crippen LogP contribution in [0.15, 0.2) is 29.1 Å². The summed E-state index contributed by atoms with van der Waals surface area (Å²) >= 11 is 0. The number of hydrogen-bond acceptors (Lipinski definition) is 1. The molecule has 45 valence electrons. The van der Waals surface area contributed by atoms with Crippen LogP contribution in [0.2, 0.25) is 0 Å². The van der Waals surface area contributed by atoms with E-state index in [1.54, 1.807) is 12.5 Å². The molecule has 0 spiro atoms. The van der Waals surface area contributed by atoms with Crippen molar-refractivity contribution >= 4 is 8.41 Å². The third-order valence-corrected chi connectivity index (χ3v) is 0.425. The summed E-state index contributed by atoms with van der Waals surface area (Å²) in [5.74, 6) is 0. The predicted octanol–water partition coefficient (Wildman–Crippen LogP) is 2.17. The van der Waals surface area contributed by atoms with Crippen LogP contribution < -0.4 is 0 Å². The Bertz CT molecular complexity index is 65.0. The predicted molar refractivity (Wildman–Crippen MR) is 37.9 cm³/mol. The van der Waals surface area contributed by atoms with Crippen molar-refractivity contribution in [3.63, 3.8) is 0 Å². The van der Waals surface area contributed by atoms with Gasteiger partial charge in [-0.1, -0.05) is 14.9 Å². The molecule has 0 aromatic carbocycles.